The number of aromatic nitrogens is 2. The van der Waals surface area contributed by atoms with Crippen LogP contribution in [-0.4, -0.2) is 14.5 Å². The molecule has 0 bridgehead atoms. The molecule has 0 unspecified atom stereocenters. The van der Waals surface area contributed by atoms with E-state index >= 15 is 0 Å². The normalized spacial score (nSPS) is 11.7. The number of fused-ring (bicyclic) bond motifs is 5. The highest BCUT2D eigenvalue weighted by atomic mass is 32.1. The second-order valence-corrected chi connectivity index (χ2v) is 13.9. The first-order chi connectivity index (χ1) is 28.0. The van der Waals surface area contributed by atoms with Crippen LogP contribution in [0.4, 0.5) is 34.1 Å². The summed E-state index contributed by atoms with van der Waals surface area (Å²) in [5.41, 5.74) is 11.0. The molecule has 8 aromatic rings. The number of rotatable bonds is 2. The highest BCUT2D eigenvalue weighted by Crippen LogP contribution is 2.51. The molecule has 8 heteroatoms. The summed E-state index contributed by atoms with van der Waals surface area (Å²) in [6.07, 6.45) is 0. The van der Waals surface area contributed by atoms with Gasteiger partial charge in [0, 0.05) is 33.6 Å². The van der Waals surface area contributed by atoms with Gasteiger partial charge in [-0.25, -0.2) is 0 Å². The number of anilines is 6. The smallest absolute Gasteiger partial charge is 0.151 e. The van der Waals surface area contributed by atoms with Crippen molar-refractivity contribution in [2.24, 2.45) is 0 Å². The number of hydrogen-bond donors (Lipinski definition) is 0. The van der Waals surface area contributed by atoms with E-state index in [1.807, 2.05) is 109 Å². The molecule has 2 aliphatic rings. The maximum Gasteiger partial charge on any atom is 0.151 e. The summed E-state index contributed by atoms with van der Waals surface area (Å²) in [6, 6.07) is 52.8. The van der Waals surface area contributed by atoms with Gasteiger partial charge in [0.05, 0.1) is 34.5 Å². The molecule has 0 saturated carbocycles. The molecule has 0 amide bonds. The molecule has 7 aromatic carbocycles. The monoisotopic (exact) mass is 756 g/mol. The summed E-state index contributed by atoms with van der Waals surface area (Å²) in [5.74, 6) is 16.9. The van der Waals surface area contributed by atoms with E-state index in [-0.39, 0.29) is 5.78 Å². The lowest BCUT2D eigenvalue weighted by Gasteiger charge is -2.32. The molecule has 0 atom stereocenters. The van der Waals surface area contributed by atoms with E-state index in [1.54, 1.807) is 0 Å². The lowest BCUT2D eigenvalue weighted by Crippen LogP contribution is -2.15. The SMILES string of the molecule is C(#Cc1cc2nsnc2cc1C#Cc1ccc(N2c3ccccc3Oc3ccccc32)cc1)c1ccc(N2c3ccccc3Oc3ccccc32)cc1.CC(C)=O. The topological polar surface area (TPSA) is 67.8 Å². The summed E-state index contributed by atoms with van der Waals surface area (Å²) >= 11 is 1.19. The van der Waals surface area contributed by atoms with E-state index < -0.39 is 0 Å². The molecule has 0 N–H and O–H groups in total. The van der Waals surface area contributed by atoms with Crippen molar-refractivity contribution in [3.8, 4) is 46.7 Å². The second-order valence-electron chi connectivity index (χ2n) is 13.4. The van der Waals surface area contributed by atoms with E-state index in [2.05, 4.69) is 90.8 Å². The van der Waals surface area contributed by atoms with Crippen molar-refractivity contribution in [3.63, 3.8) is 0 Å². The predicted molar refractivity (Wildman–Crippen MR) is 228 cm³/mol. The molecule has 57 heavy (non-hydrogen) atoms. The van der Waals surface area contributed by atoms with Gasteiger partial charge < -0.3 is 24.1 Å². The highest BCUT2D eigenvalue weighted by molar-refractivity contribution is 7.00. The average Bonchev–Trinajstić information content (AvgIpc) is 3.71. The maximum absolute atomic E-state index is 9.44. The van der Waals surface area contributed by atoms with Crippen molar-refractivity contribution in [2.75, 3.05) is 9.80 Å². The number of ether oxygens (including phenoxy) is 2. The van der Waals surface area contributed by atoms with Crippen LogP contribution >= 0.6 is 11.7 Å². The van der Waals surface area contributed by atoms with Gasteiger partial charge in [-0.3, -0.25) is 0 Å². The van der Waals surface area contributed by atoms with E-state index in [9.17, 15) is 4.79 Å². The summed E-state index contributed by atoms with van der Waals surface area (Å²) in [7, 11) is 0. The van der Waals surface area contributed by atoms with Crippen molar-refractivity contribution in [3.05, 3.63) is 180 Å². The minimum atomic E-state index is 0.167. The first kappa shape index (κ1) is 35.1. The molecular formula is C49H32N4O3S. The molecule has 10 rings (SSSR count). The van der Waals surface area contributed by atoms with Crippen LogP contribution in [0.25, 0.3) is 11.0 Å². The standard InChI is InChI=1S/C46H26N4O2S.C3H6O/c1-5-13-43-39(9-1)49(40-10-2-6-14-44(40)51-43)35-25-19-31(20-26-35)17-23-33-29-37-38(48-53-47-37)30-34(33)24-18-32-21-27-36(28-22-32)50-41-11-3-7-15-45(41)52-46-16-8-4-12-42(46)50;1-3(2)4/h1-16,19-22,25-30H;1-2H3. The predicted octanol–water partition coefficient (Wildman–Crippen LogP) is 12.2. The highest BCUT2D eigenvalue weighted by Gasteiger charge is 2.26. The minimum absolute atomic E-state index is 0.167. The fraction of sp³-hybridized carbons (Fsp3) is 0.0408. The van der Waals surface area contributed by atoms with Gasteiger partial charge in [0.2, 0.25) is 0 Å². The number of Topliss-reactive ketones (excluding diaryl/α,β-unsaturated/α-hetero) is 1. The third-order valence-corrected chi connectivity index (χ3v) is 9.75. The summed E-state index contributed by atoms with van der Waals surface area (Å²) in [4.78, 5) is 13.9. The Morgan fingerprint density at radius 1 is 0.474 bits per heavy atom. The van der Waals surface area contributed by atoms with Crippen LogP contribution in [0.5, 0.6) is 23.0 Å². The number of carbonyl (C=O) groups is 1. The van der Waals surface area contributed by atoms with Gasteiger partial charge in [-0.15, -0.1) is 0 Å². The number of nitrogens with zero attached hydrogens (tertiary/aromatic N) is 4. The van der Waals surface area contributed by atoms with Crippen LogP contribution in [0, 0.1) is 23.7 Å². The number of ketones is 1. The Morgan fingerprint density at radius 2 is 0.789 bits per heavy atom. The number of carbonyl (C=O) groups excluding carboxylic acids is 1. The summed E-state index contributed by atoms with van der Waals surface area (Å²) in [6.45, 7) is 3.06. The van der Waals surface area contributed by atoms with Crippen LogP contribution in [0.2, 0.25) is 0 Å². The van der Waals surface area contributed by atoms with Gasteiger partial charge in [0.1, 0.15) is 16.8 Å². The molecule has 0 radical (unpaired) electrons. The molecule has 0 aliphatic carbocycles. The minimum Gasteiger partial charge on any atom is -0.453 e. The molecule has 0 saturated heterocycles. The van der Waals surface area contributed by atoms with Crippen molar-refractivity contribution in [1.82, 2.24) is 8.75 Å². The molecule has 1 aromatic heterocycles. The van der Waals surface area contributed by atoms with Crippen molar-refractivity contribution >= 4 is 62.7 Å². The van der Waals surface area contributed by atoms with Crippen LogP contribution in [0.3, 0.4) is 0 Å². The van der Waals surface area contributed by atoms with Crippen molar-refractivity contribution in [2.45, 2.75) is 13.8 Å². The van der Waals surface area contributed by atoms with Gasteiger partial charge >= 0.3 is 0 Å². The van der Waals surface area contributed by atoms with Crippen LogP contribution < -0.4 is 19.3 Å². The van der Waals surface area contributed by atoms with Gasteiger partial charge in [-0.05, 0) is 123 Å². The zero-order valence-corrected chi connectivity index (χ0v) is 31.7. The zero-order chi connectivity index (χ0) is 38.7. The Kier molecular flexibility index (Phi) is 9.38. The number of hydrogen-bond acceptors (Lipinski definition) is 8. The zero-order valence-electron chi connectivity index (χ0n) is 30.9. The fourth-order valence-electron chi connectivity index (χ4n) is 6.67. The van der Waals surface area contributed by atoms with E-state index in [1.165, 1.54) is 25.6 Å². The van der Waals surface area contributed by atoms with E-state index in [0.29, 0.717) is 0 Å². The number of para-hydroxylation sites is 8. The molecule has 3 heterocycles. The molecule has 272 valence electrons. The second kappa shape index (κ2) is 15.2. The Morgan fingerprint density at radius 3 is 1.12 bits per heavy atom. The maximum atomic E-state index is 9.44. The molecule has 0 spiro atoms. The molecule has 2 aliphatic heterocycles. The first-order valence-electron chi connectivity index (χ1n) is 18.3. The lowest BCUT2D eigenvalue weighted by atomic mass is 10.0. The third-order valence-electron chi connectivity index (χ3n) is 9.19. The van der Waals surface area contributed by atoms with Gasteiger partial charge in [0.25, 0.3) is 0 Å². The van der Waals surface area contributed by atoms with E-state index in [4.69, 9.17) is 9.47 Å². The quantitative estimate of drug-likeness (QED) is 0.163. The first-order valence-corrected chi connectivity index (χ1v) is 19.0. The van der Waals surface area contributed by atoms with Crippen LogP contribution in [-0.2, 0) is 4.79 Å². The van der Waals surface area contributed by atoms with Gasteiger partial charge in [-0.1, -0.05) is 72.2 Å². The lowest BCUT2D eigenvalue weighted by molar-refractivity contribution is -0.115. The average molecular weight is 757 g/mol. The van der Waals surface area contributed by atoms with E-state index in [0.717, 1.165) is 90.4 Å². The van der Waals surface area contributed by atoms with Crippen LogP contribution in [0.15, 0.2) is 158 Å². The molecule has 7 nitrogen and oxygen atoms in total. The Bertz CT molecular complexity index is 2650. The van der Waals surface area contributed by atoms with Crippen molar-refractivity contribution in [1.29, 1.82) is 0 Å². The van der Waals surface area contributed by atoms with Crippen LogP contribution in [0.1, 0.15) is 36.1 Å². The van der Waals surface area contributed by atoms with Crippen molar-refractivity contribution < 1.29 is 14.3 Å². The van der Waals surface area contributed by atoms with Gasteiger partial charge in [0.15, 0.2) is 23.0 Å². The summed E-state index contributed by atoms with van der Waals surface area (Å²) < 4.78 is 21.3. The molecule has 0 fully saturated rings. The largest absolute Gasteiger partial charge is 0.453 e. The number of benzene rings is 7. The Labute approximate surface area is 334 Å². The Hall–Kier alpha value is -7.65. The third kappa shape index (κ3) is 7.17. The fourth-order valence-corrected chi connectivity index (χ4v) is 7.18. The van der Waals surface area contributed by atoms with Gasteiger partial charge in [-0.2, -0.15) is 8.75 Å². The molecular weight excluding hydrogens is 725 g/mol. The Balaban J connectivity index is 0.00000101. The summed E-state index contributed by atoms with van der Waals surface area (Å²) in [5, 5.41) is 0.